The number of hydrogen-bond acceptors (Lipinski definition) is 6. The van der Waals surface area contributed by atoms with Gasteiger partial charge in [-0.25, -0.2) is 4.98 Å². The van der Waals surface area contributed by atoms with Crippen LogP contribution in [-0.2, 0) is 11.3 Å². The first-order valence-electron chi connectivity index (χ1n) is 7.67. The van der Waals surface area contributed by atoms with Crippen molar-refractivity contribution in [2.45, 2.75) is 19.4 Å². The lowest BCUT2D eigenvalue weighted by Crippen LogP contribution is -2.36. The van der Waals surface area contributed by atoms with Crippen molar-refractivity contribution in [2.24, 2.45) is 5.92 Å². The quantitative estimate of drug-likeness (QED) is 0.869. The molecule has 7 nitrogen and oxygen atoms in total. The molecule has 23 heavy (non-hydrogen) atoms. The van der Waals surface area contributed by atoms with Gasteiger partial charge >= 0.3 is 5.97 Å². The zero-order valence-electron chi connectivity index (χ0n) is 12.7. The van der Waals surface area contributed by atoms with Crippen LogP contribution in [0.3, 0.4) is 0 Å². The maximum absolute atomic E-state index is 11.0. The van der Waals surface area contributed by atoms with E-state index in [9.17, 15) is 4.79 Å². The molecule has 120 valence electrons. The van der Waals surface area contributed by atoms with E-state index in [2.05, 4.69) is 25.2 Å². The van der Waals surface area contributed by atoms with Crippen molar-refractivity contribution in [1.29, 1.82) is 0 Å². The van der Waals surface area contributed by atoms with Crippen molar-refractivity contribution >= 4 is 17.7 Å². The molecule has 1 aliphatic rings. The molecule has 1 fully saturated rings. The summed E-state index contributed by atoms with van der Waals surface area (Å²) in [4.78, 5) is 26.1. The number of pyridine rings is 1. The minimum absolute atomic E-state index is 0.241. The van der Waals surface area contributed by atoms with Gasteiger partial charge in [-0.05, 0) is 31.0 Å². The van der Waals surface area contributed by atoms with E-state index in [1.54, 1.807) is 12.4 Å². The van der Waals surface area contributed by atoms with Gasteiger partial charge in [-0.3, -0.25) is 9.78 Å². The van der Waals surface area contributed by atoms with E-state index in [0.29, 0.717) is 38.4 Å². The van der Waals surface area contributed by atoms with Crippen molar-refractivity contribution in [3.05, 3.63) is 42.4 Å². The van der Waals surface area contributed by atoms with Gasteiger partial charge in [-0.1, -0.05) is 6.07 Å². The molecule has 7 heteroatoms. The largest absolute Gasteiger partial charge is 0.481 e. The van der Waals surface area contributed by atoms with Crippen LogP contribution in [0.25, 0.3) is 0 Å². The second-order valence-corrected chi connectivity index (χ2v) is 5.51. The molecule has 0 amide bonds. The highest BCUT2D eigenvalue weighted by molar-refractivity contribution is 5.70. The molecular formula is C16H19N5O2. The number of anilines is 2. The molecule has 2 N–H and O–H groups in total. The highest BCUT2D eigenvalue weighted by Crippen LogP contribution is 2.22. The third-order valence-corrected chi connectivity index (χ3v) is 3.96. The van der Waals surface area contributed by atoms with E-state index < -0.39 is 5.97 Å². The zero-order valence-corrected chi connectivity index (χ0v) is 12.7. The van der Waals surface area contributed by atoms with Crippen molar-refractivity contribution in [3.8, 4) is 0 Å². The molecule has 0 radical (unpaired) electrons. The Balaban J connectivity index is 1.60. The lowest BCUT2D eigenvalue weighted by Gasteiger charge is -2.31. The number of rotatable bonds is 5. The number of carboxylic acid groups (broad SMARTS) is 1. The Morgan fingerprint density at radius 2 is 2.04 bits per heavy atom. The number of aliphatic carboxylic acids is 1. The van der Waals surface area contributed by atoms with Crippen LogP contribution in [0.5, 0.6) is 0 Å². The Bertz CT molecular complexity index is 657. The Hall–Kier alpha value is -2.70. The fourth-order valence-electron chi connectivity index (χ4n) is 2.64. The summed E-state index contributed by atoms with van der Waals surface area (Å²) < 4.78 is 0. The second kappa shape index (κ2) is 7.04. The Labute approximate surface area is 134 Å². The summed E-state index contributed by atoms with van der Waals surface area (Å²) in [7, 11) is 0. The average Bonchev–Trinajstić information content (AvgIpc) is 2.61. The first kappa shape index (κ1) is 15.2. The third kappa shape index (κ3) is 3.94. The van der Waals surface area contributed by atoms with E-state index in [-0.39, 0.29) is 5.92 Å². The number of carbonyl (C=O) groups is 1. The Morgan fingerprint density at radius 3 is 2.74 bits per heavy atom. The lowest BCUT2D eigenvalue weighted by atomic mass is 9.97. The molecular weight excluding hydrogens is 294 g/mol. The van der Waals surface area contributed by atoms with Crippen LogP contribution in [-0.4, -0.2) is 39.1 Å². The average molecular weight is 313 g/mol. The molecule has 0 aliphatic carbocycles. The molecule has 0 bridgehead atoms. The summed E-state index contributed by atoms with van der Waals surface area (Å²) in [5.74, 6) is 0.431. The monoisotopic (exact) mass is 313 g/mol. The molecule has 0 aromatic carbocycles. The topological polar surface area (TPSA) is 91.2 Å². The number of nitrogens with zero attached hydrogens (tertiary/aromatic N) is 4. The van der Waals surface area contributed by atoms with Gasteiger partial charge in [0.2, 0.25) is 5.95 Å². The van der Waals surface area contributed by atoms with E-state index in [0.717, 1.165) is 11.5 Å². The fourth-order valence-corrected chi connectivity index (χ4v) is 2.64. The maximum Gasteiger partial charge on any atom is 0.306 e. The predicted molar refractivity (Wildman–Crippen MR) is 86.2 cm³/mol. The van der Waals surface area contributed by atoms with Crippen LogP contribution in [0.4, 0.5) is 11.8 Å². The molecule has 0 spiro atoms. The van der Waals surface area contributed by atoms with E-state index in [4.69, 9.17) is 5.11 Å². The van der Waals surface area contributed by atoms with Gasteiger partial charge in [-0.2, -0.15) is 4.98 Å². The van der Waals surface area contributed by atoms with Gasteiger partial charge in [-0.15, -0.1) is 0 Å². The third-order valence-electron chi connectivity index (χ3n) is 3.96. The molecule has 0 unspecified atom stereocenters. The molecule has 0 atom stereocenters. The first-order chi connectivity index (χ1) is 11.2. The lowest BCUT2D eigenvalue weighted by molar-refractivity contribution is -0.142. The Kier molecular flexibility index (Phi) is 4.65. The Morgan fingerprint density at radius 1 is 1.22 bits per heavy atom. The van der Waals surface area contributed by atoms with Crippen LogP contribution < -0.4 is 10.2 Å². The van der Waals surface area contributed by atoms with Gasteiger partial charge in [0.05, 0.1) is 18.2 Å². The highest BCUT2D eigenvalue weighted by atomic mass is 16.4. The molecule has 3 heterocycles. The molecule has 2 aromatic rings. The minimum Gasteiger partial charge on any atom is -0.481 e. The number of carboxylic acids is 1. The van der Waals surface area contributed by atoms with E-state index >= 15 is 0 Å². The second-order valence-electron chi connectivity index (χ2n) is 5.51. The van der Waals surface area contributed by atoms with Gasteiger partial charge < -0.3 is 15.3 Å². The van der Waals surface area contributed by atoms with Crippen LogP contribution >= 0.6 is 0 Å². The van der Waals surface area contributed by atoms with Gasteiger partial charge in [0.15, 0.2) is 0 Å². The summed E-state index contributed by atoms with van der Waals surface area (Å²) in [5, 5.41) is 12.2. The van der Waals surface area contributed by atoms with Crippen molar-refractivity contribution < 1.29 is 9.90 Å². The fraction of sp³-hybridized carbons (Fsp3) is 0.375. The molecule has 2 aromatic heterocycles. The van der Waals surface area contributed by atoms with Crippen LogP contribution in [0.15, 0.2) is 36.7 Å². The highest BCUT2D eigenvalue weighted by Gasteiger charge is 2.25. The number of nitrogens with one attached hydrogen (secondary N) is 1. The molecule has 1 aliphatic heterocycles. The van der Waals surface area contributed by atoms with Gasteiger partial charge in [0.1, 0.15) is 5.82 Å². The molecule has 3 rings (SSSR count). The van der Waals surface area contributed by atoms with Gasteiger partial charge in [0.25, 0.3) is 0 Å². The smallest absolute Gasteiger partial charge is 0.306 e. The number of piperidine rings is 1. The van der Waals surface area contributed by atoms with Crippen molar-refractivity contribution in [2.75, 3.05) is 23.3 Å². The maximum atomic E-state index is 11.0. The molecule has 0 saturated carbocycles. The van der Waals surface area contributed by atoms with Crippen LogP contribution in [0.2, 0.25) is 0 Å². The summed E-state index contributed by atoms with van der Waals surface area (Å²) in [6, 6.07) is 7.61. The summed E-state index contributed by atoms with van der Waals surface area (Å²) in [6.07, 6.45) is 4.76. The summed E-state index contributed by atoms with van der Waals surface area (Å²) in [5.41, 5.74) is 0.920. The number of hydrogen-bond donors (Lipinski definition) is 2. The van der Waals surface area contributed by atoms with E-state index in [1.165, 1.54) is 0 Å². The van der Waals surface area contributed by atoms with Gasteiger partial charge in [0, 0.05) is 25.5 Å². The molecule has 1 saturated heterocycles. The summed E-state index contributed by atoms with van der Waals surface area (Å²) in [6.45, 7) is 1.96. The minimum atomic E-state index is -0.704. The predicted octanol–water partition coefficient (Wildman–Crippen LogP) is 1.78. The number of aromatic nitrogens is 3. The van der Waals surface area contributed by atoms with Crippen molar-refractivity contribution in [1.82, 2.24) is 15.0 Å². The van der Waals surface area contributed by atoms with Crippen LogP contribution in [0.1, 0.15) is 18.5 Å². The SMILES string of the molecule is O=C(O)C1CCN(c2ccnc(NCc3ccccn3)n2)CC1. The first-order valence-corrected chi connectivity index (χ1v) is 7.67. The zero-order chi connectivity index (χ0) is 16.1. The van der Waals surface area contributed by atoms with Crippen LogP contribution in [0, 0.1) is 5.92 Å². The summed E-state index contributed by atoms with van der Waals surface area (Å²) >= 11 is 0. The normalized spacial score (nSPS) is 15.4. The standard InChI is InChI=1S/C16H19N5O2/c22-15(23)12-5-9-21(10-6-12)14-4-8-18-16(20-14)19-11-13-3-1-2-7-17-13/h1-4,7-8,12H,5-6,9-11H2,(H,22,23)(H,18,19,20). The van der Waals surface area contributed by atoms with E-state index in [1.807, 2.05) is 24.3 Å². The van der Waals surface area contributed by atoms with Crippen molar-refractivity contribution in [3.63, 3.8) is 0 Å².